The minimum absolute atomic E-state index is 0.228. The highest BCUT2D eigenvalue weighted by Gasteiger charge is 2.27. The molecule has 0 bridgehead atoms. The summed E-state index contributed by atoms with van der Waals surface area (Å²) in [7, 11) is -2.34. The molecule has 0 heterocycles. The molecule has 3 aromatic rings. The van der Waals surface area contributed by atoms with Crippen LogP contribution in [-0.4, -0.2) is 32.3 Å². The third-order valence-electron chi connectivity index (χ3n) is 7.25. The minimum atomic E-state index is -3.71. The van der Waals surface area contributed by atoms with Crippen molar-refractivity contribution in [3.63, 3.8) is 0 Å². The molecule has 0 radical (unpaired) electrons. The zero-order valence-electron chi connectivity index (χ0n) is 21.5. The van der Waals surface area contributed by atoms with E-state index < -0.39 is 16.0 Å². The molecule has 0 spiro atoms. The van der Waals surface area contributed by atoms with Crippen LogP contribution in [0.2, 0.25) is 0 Å². The van der Waals surface area contributed by atoms with Crippen LogP contribution in [0.1, 0.15) is 60.0 Å². The molecule has 1 saturated carbocycles. The molecule has 196 valence electrons. The van der Waals surface area contributed by atoms with Crippen LogP contribution < -0.4 is 0 Å². The lowest BCUT2D eigenvalue weighted by Crippen LogP contribution is -2.33. The molecule has 3 aromatic carbocycles. The van der Waals surface area contributed by atoms with Gasteiger partial charge in [0.15, 0.2) is 0 Å². The van der Waals surface area contributed by atoms with E-state index in [2.05, 4.69) is 15.9 Å². The van der Waals surface area contributed by atoms with E-state index in [4.69, 9.17) is 4.74 Å². The average Bonchev–Trinajstić information content (AvgIpc) is 2.91. The number of esters is 1. The van der Waals surface area contributed by atoms with Crippen LogP contribution in [0.25, 0.3) is 11.1 Å². The van der Waals surface area contributed by atoms with E-state index in [0.29, 0.717) is 18.0 Å². The standard InChI is InChI=1S/C30H34BrNO4S/c1-22-8-6-7-11-27(22)29-20-24(12-17-28(29)30(33)36-2)21-32(19-18-23-9-4-3-5-10-23)37(34,35)26-15-13-25(31)14-16-26/h6-8,11-17,20,23H,3-5,9-10,18-19,21H2,1-2H3. The Balaban J connectivity index is 1.70. The summed E-state index contributed by atoms with van der Waals surface area (Å²) in [5.74, 6) is 0.141. The lowest BCUT2D eigenvalue weighted by Gasteiger charge is -2.27. The molecular formula is C30H34BrNO4S. The van der Waals surface area contributed by atoms with Crippen LogP contribution >= 0.6 is 15.9 Å². The molecule has 1 aliphatic carbocycles. The molecule has 4 rings (SSSR count). The van der Waals surface area contributed by atoms with Gasteiger partial charge in [-0.2, -0.15) is 4.31 Å². The maximum atomic E-state index is 13.8. The van der Waals surface area contributed by atoms with Crippen molar-refractivity contribution in [3.8, 4) is 11.1 Å². The zero-order chi connectivity index (χ0) is 26.4. The monoisotopic (exact) mass is 583 g/mol. The third-order valence-corrected chi connectivity index (χ3v) is 9.63. The number of carbonyl (C=O) groups is 1. The molecule has 0 aliphatic heterocycles. The van der Waals surface area contributed by atoms with Gasteiger partial charge in [0.2, 0.25) is 10.0 Å². The fourth-order valence-corrected chi connectivity index (χ4v) is 6.83. The van der Waals surface area contributed by atoms with Crippen molar-refractivity contribution in [2.24, 2.45) is 5.92 Å². The number of carbonyl (C=O) groups excluding carboxylic acids is 1. The predicted molar refractivity (Wildman–Crippen MR) is 151 cm³/mol. The van der Waals surface area contributed by atoms with Gasteiger partial charge in [-0.05, 0) is 77.9 Å². The van der Waals surface area contributed by atoms with E-state index >= 15 is 0 Å². The van der Waals surface area contributed by atoms with Gasteiger partial charge in [-0.15, -0.1) is 0 Å². The SMILES string of the molecule is COC(=O)c1ccc(CN(CCC2CCCCC2)S(=O)(=O)c2ccc(Br)cc2)cc1-c1ccccc1C. The number of nitrogens with zero attached hydrogens (tertiary/aromatic N) is 1. The van der Waals surface area contributed by atoms with Gasteiger partial charge < -0.3 is 4.74 Å². The van der Waals surface area contributed by atoms with E-state index in [1.807, 2.05) is 43.3 Å². The molecule has 1 fully saturated rings. The topological polar surface area (TPSA) is 63.7 Å². The fraction of sp³-hybridized carbons (Fsp3) is 0.367. The highest BCUT2D eigenvalue weighted by molar-refractivity contribution is 9.10. The van der Waals surface area contributed by atoms with Gasteiger partial charge in [0, 0.05) is 17.6 Å². The second-order valence-electron chi connectivity index (χ2n) is 9.77. The van der Waals surface area contributed by atoms with Crippen LogP contribution in [0, 0.1) is 12.8 Å². The van der Waals surface area contributed by atoms with Crippen molar-refractivity contribution < 1.29 is 17.9 Å². The Kier molecular flexibility index (Phi) is 9.22. The first-order valence-electron chi connectivity index (χ1n) is 12.8. The van der Waals surface area contributed by atoms with Crippen LogP contribution in [0.3, 0.4) is 0 Å². The summed E-state index contributed by atoms with van der Waals surface area (Å²) < 4.78 is 35.0. The van der Waals surface area contributed by atoms with E-state index in [0.717, 1.165) is 46.0 Å². The van der Waals surface area contributed by atoms with Crippen LogP contribution in [-0.2, 0) is 21.3 Å². The number of ether oxygens (including phenoxy) is 1. The van der Waals surface area contributed by atoms with Gasteiger partial charge in [-0.1, -0.05) is 78.4 Å². The maximum Gasteiger partial charge on any atom is 0.338 e. The van der Waals surface area contributed by atoms with Crippen molar-refractivity contribution in [3.05, 3.63) is 87.9 Å². The Morgan fingerprint density at radius 3 is 2.35 bits per heavy atom. The molecule has 0 saturated heterocycles. The Labute approximate surface area is 229 Å². The smallest absolute Gasteiger partial charge is 0.338 e. The van der Waals surface area contributed by atoms with Crippen molar-refractivity contribution in [1.82, 2.24) is 4.31 Å². The number of methoxy groups -OCH3 is 1. The fourth-order valence-electron chi connectivity index (χ4n) is 5.12. The van der Waals surface area contributed by atoms with Crippen LogP contribution in [0.15, 0.2) is 76.1 Å². The van der Waals surface area contributed by atoms with Crippen LogP contribution in [0.4, 0.5) is 0 Å². The molecule has 1 aliphatic rings. The molecule has 0 N–H and O–H groups in total. The zero-order valence-corrected chi connectivity index (χ0v) is 23.9. The summed E-state index contributed by atoms with van der Waals surface area (Å²) in [5.41, 5.74) is 3.99. The number of hydrogen-bond donors (Lipinski definition) is 0. The first-order chi connectivity index (χ1) is 17.8. The van der Waals surface area contributed by atoms with E-state index in [-0.39, 0.29) is 11.4 Å². The highest BCUT2D eigenvalue weighted by Crippen LogP contribution is 2.31. The first-order valence-corrected chi connectivity index (χ1v) is 15.1. The van der Waals surface area contributed by atoms with Crippen molar-refractivity contribution in [2.45, 2.75) is 56.9 Å². The van der Waals surface area contributed by atoms with Gasteiger partial charge in [-0.25, -0.2) is 13.2 Å². The molecule has 5 nitrogen and oxygen atoms in total. The predicted octanol–water partition coefficient (Wildman–Crippen LogP) is 7.37. The number of halogens is 1. The normalized spacial score (nSPS) is 14.6. The summed E-state index contributed by atoms with van der Waals surface area (Å²) in [6.45, 7) is 2.69. The number of sulfonamides is 1. The van der Waals surface area contributed by atoms with Crippen molar-refractivity contribution in [1.29, 1.82) is 0 Å². The Morgan fingerprint density at radius 1 is 0.973 bits per heavy atom. The Hall–Kier alpha value is -2.48. The van der Waals surface area contributed by atoms with Crippen LogP contribution in [0.5, 0.6) is 0 Å². The lowest BCUT2D eigenvalue weighted by atomic mass is 9.87. The molecule has 0 atom stereocenters. The number of benzene rings is 3. The number of hydrogen-bond acceptors (Lipinski definition) is 4. The first kappa shape index (κ1) is 27.6. The average molecular weight is 585 g/mol. The highest BCUT2D eigenvalue weighted by atomic mass is 79.9. The number of rotatable bonds is 9. The quantitative estimate of drug-likeness (QED) is 0.247. The van der Waals surface area contributed by atoms with E-state index in [1.54, 1.807) is 34.6 Å². The van der Waals surface area contributed by atoms with Gasteiger partial charge in [-0.3, -0.25) is 0 Å². The third kappa shape index (κ3) is 6.70. The number of aryl methyl sites for hydroxylation is 1. The second kappa shape index (κ2) is 12.4. The molecule has 0 unspecified atom stereocenters. The molecule has 0 amide bonds. The second-order valence-corrected chi connectivity index (χ2v) is 12.6. The summed E-state index contributed by atoms with van der Waals surface area (Å²) in [4.78, 5) is 12.9. The molecular weight excluding hydrogens is 550 g/mol. The lowest BCUT2D eigenvalue weighted by molar-refractivity contribution is 0.0601. The summed E-state index contributed by atoms with van der Waals surface area (Å²) >= 11 is 3.40. The van der Waals surface area contributed by atoms with Gasteiger partial charge in [0.05, 0.1) is 17.6 Å². The maximum absolute atomic E-state index is 13.8. The molecule has 37 heavy (non-hydrogen) atoms. The summed E-state index contributed by atoms with van der Waals surface area (Å²) in [6, 6.07) is 20.2. The Morgan fingerprint density at radius 2 is 1.68 bits per heavy atom. The van der Waals surface area contributed by atoms with Crippen molar-refractivity contribution >= 4 is 31.9 Å². The summed E-state index contributed by atoms with van der Waals surface area (Å²) in [5, 5.41) is 0. The van der Waals surface area contributed by atoms with E-state index in [1.165, 1.54) is 26.4 Å². The Bertz CT molecular complexity index is 1330. The molecule has 0 aromatic heterocycles. The van der Waals surface area contributed by atoms with E-state index in [9.17, 15) is 13.2 Å². The summed E-state index contributed by atoms with van der Waals surface area (Å²) in [6.07, 6.45) is 6.89. The van der Waals surface area contributed by atoms with Gasteiger partial charge in [0.25, 0.3) is 0 Å². The minimum Gasteiger partial charge on any atom is -0.465 e. The van der Waals surface area contributed by atoms with Gasteiger partial charge in [0.1, 0.15) is 0 Å². The molecule has 7 heteroatoms. The van der Waals surface area contributed by atoms with Gasteiger partial charge >= 0.3 is 5.97 Å². The largest absolute Gasteiger partial charge is 0.465 e. The van der Waals surface area contributed by atoms with Crippen molar-refractivity contribution in [2.75, 3.05) is 13.7 Å².